The van der Waals surface area contributed by atoms with Crippen molar-refractivity contribution in [3.8, 4) is 0 Å². The molecule has 3 nitrogen and oxygen atoms in total. The molecule has 0 fully saturated rings. The Hall–Kier alpha value is 1.87. The molecule has 0 saturated heterocycles. The summed E-state index contributed by atoms with van der Waals surface area (Å²) in [5.41, 5.74) is 0. The monoisotopic (exact) mass is 227 g/mol. The van der Waals surface area contributed by atoms with Gasteiger partial charge < -0.3 is 16.4 Å². The molecule has 0 aromatic heterocycles. The Morgan fingerprint density at radius 1 is 0.600 bits per heavy atom. The third kappa shape index (κ3) is 25.2. The van der Waals surface area contributed by atoms with Crippen molar-refractivity contribution < 1.29 is 75.3 Å². The van der Waals surface area contributed by atoms with Crippen molar-refractivity contribution in [3.05, 3.63) is 0 Å². The molecule has 0 radical (unpaired) electrons. The summed E-state index contributed by atoms with van der Waals surface area (Å²) in [4.78, 5) is 0. The fourth-order valence-corrected chi connectivity index (χ4v) is 0. The minimum Gasteiger partial charge on any atom is -2.00 e. The summed E-state index contributed by atoms with van der Waals surface area (Å²) in [5, 5.41) is 0. The van der Waals surface area contributed by atoms with Crippen molar-refractivity contribution in [1.82, 2.24) is 0 Å². The molecule has 0 saturated carbocycles. The average molecular weight is 228 g/mol. The molecular weight excluding hydrogens is 228 g/mol. The van der Waals surface area contributed by atoms with Gasteiger partial charge in [-0.3, -0.25) is 0 Å². The van der Waals surface area contributed by atoms with Gasteiger partial charge >= 0.3 is 58.9 Å². The van der Waals surface area contributed by atoms with Gasteiger partial charge in [-0.1, -0.05) is 0 Å². The molecule has 0 rings (SSSR count). The minimum absolute atomic E-state index is 0. The zero-order valence-corrected chi connectivity index (χ0v) is 7.60. The Balaban J connectivity index is 0. The second kappa shape index (κ2) is 39.9. The molecule has 0 atom stereocenters. The van der Waals surface area contributed by atoms with Gasteiger partial charge in [0.05, 0.1) is 0 Å². The Bertz CT molecular complexity index is 6.85. The van der Waals surface area contributed by atoms with Gasteiger partial charge in [0.25, 0.3) is 0 Å². The van der Waals surface area contributed by atoms with Crippen LogP contribution in [0.25, 0.3) is 0 Å². The van der Waals surface area contributed by atoms with E-state index >= 15 is 0 Å². The Labute approximate surface area is 74.4 Å². The van der Waals surface area contributed by atoms with Crippen LogP contribution in [-0.4, -0.2) is 0 Å². The molecule has 0 spiro atoms. The Morgan fingerprint density at radius 3 is 0.600 bits per heavy atom. The van der Waals surface area contributed by atoms with Crippen LogP contribution in [0.5, 0.6) is 0 Å². The summed E-state index contributed by atoms with van der Waals surface area (Å²) in [6.07, 6.45) is 0. The van der Waals surface area contributed by atoms with Crippen molar-refractivity contribution in [2.75, 3.05) is 0 Å². The average Bonchev–Trinajstić information content (AvgIpc) is 0. The van der Waals surface area contributed by atoms with Gasteiger partial charge in [-0.15, -0.1) is 0 Å². The van der Waals surface area contributed by atoms with Crippen LogP contribution in [0.2, 0.25) is 0 Å². The molecule has 24 valence electrons. The third-order valence-electron chi connectivity index (χ3n) is 0. The van der Waals surface area contributed by atoms with E-state index in [1.165, 1.54) is 0 Å². The second-order valence-corrected chi connectivity index (χ2v) is 0. The van der Waals surface area contributed by atoms with E-state index in [1.54, 1.807) is 0 Å². The molecule has 0 bridgehead atoms. The quantitative estimate of drug-likeness (QED) is 0.542. The molecule has 0 N–H and O–H groups in total. The SMILES string of the molecule is [O-2].[O-2].[O-2].[Y+3].[Zr+4]. The molecule has 0 aromatic carbocycles. The summed E-state index contributed by atoms with van der Waals surface area (Å²) in [6.45, 7) is 0. The van der Waals surface area contributed by atoms with Gasteiger partial charge in [-0.05, 0) is 0 Å². The predicted molar refractivity (Wildman–Crippen MR) is 2.06 cm³/mol. The van der Waals surface area contributed by atoms with Crippen molar-refractivity contribution in [3.63, 3.8) is 0 Å². The van der Waals surface area contributed by atoms with Crippen LogP contribution in [0.3, 0.4) is 0 Å². The summed E-state index contributed by atoms with van der Waals surface area (Å²) in [6, 6.07) is 0. The topological polar surface area (TPSA) is 85.5 Å². The van der Waals surface area contributed by atoms with Gasteiger partial charge in [0, 0.05) is 0 Å². The van der Waals surface area contributed by atoms with Crippen LogP contribution in [0.1, 0.15) is 0 Å². The first kappa shape index (κ1) is 67.8. The summed E-state index contributed by atoms with van der Waals surface area (Å²) >= 11 is 0. The van der Waals surface area contributed by atoms with Gasteiger partial charge in [0.2, 0.25) is 0 Å². The molecule has 0 aliphatic carbocycles. The van der Waals surface area contributed by atoms with Crippen LogP contribution in [-0.2, 0) is 75.3 Å². The van der Waals surface area contributed by atoms with Crippen molar-refractivity contribution in [2.45, 2.75) is 0 Å². The summed E-state index contributed by atoms with van der Waals surface area (Å²) < 4.78 is 0. The smallest absolute Gasteiger partial charge is 2.00 e. The normalized spacial score (nSPS) is 0. The largest absolute Gasteiger partial charge is 4.00 e. The van der Waals surface area contributed by atoms with Crippen molar-refractivity contribution in [1.29, 1.82) is 0 Å². The minimum atomic E-state index is 0. The molecule has 5 heteroatoms. The number of rotatable bonds is 0. The zero-order chi connectivity index (χ0) is 0. The number of hydrogen-bond donors (Lipinski definition) is 0. The molecule has 0 heterocycles. The number of hydrogen-bond acceptors (Lipinski definition) is 0. The van der Waals surface area contributed by atoms with E-state index in [0.29, 0.717) is 0 Å². The van der Waals surface area contributed by atoms with Gasteiger partial charge in [0.1, 0.15) is 0 Å². The maximum atomic E-state index is 0. The molecule has 0 aliphatic rings. The van der Waals surface area contributed by atoms with Crippen molar-refractivity contribution in [2.24, 2.45) is 0 Å². The van der Waals surface area contributed by atoms with Crippen LogP contribution in [0.4, 0.5) is 0 Å². The fourth-order valence-electron chi connectivity index (χ4n) is 0. The predicted octanol–water partition coefficient (Wildman–Crippen LogP) is -0.361. The Kier molecular flexibility index (Phi) is 541. The van der Waals surface area contributed by atoms with E-state index in [0.717, 1.165) is 0 Å². The van der Waals surface area contributed by atoms with E-state index in [4.69, 9.17) is 0 Å². The standard InChI is InChI=1S/3O.Y.Zr/q3*-2;+3;+4. The fraction of sp³-hybridized carbons (Fsp3) is 0. The van der Waals surface area contributed by atoms with Crippen LogP contribution in [0, 0.1) is 0 Å². The van der Waals surface area contributed by atoms with Crippen LogP contribution >= 0.6 is 0 Å². The van der Waals surface area contributed by atoms with Crippen LogP contribution < -0.4 is 0 Å². The van der Waals surface area contributed by atoms with Gasteiger partial charge in [0.15, 0.2) is 0 Å². The Morgan fingerprint density at radius 2 is 0.600 bits per heavy atom. The maximum absolute atomic E-state index is 0. The van der Waals surface area contributed by atoms with E-state index in [9.17, 15) is 0 Å². The molecule has 0 aromatic rings. The molecule has 5 heavy (non-hydrogen) atoms. The van der Waals surface area contributed by atoms with E-state index < -0.39 is 0 Å². The molecule has 0 amide bonds. The summed E-state index contributed by atoms with van der Waals surface area (Å²) in [7, 11) is 0. The van der Waals surface area contributed by atoms with E-state index in [1.807, 2.05) is 0 Å². The second-order valence-electron chi connectivity index (χ2n) is 0. The molecule has 0 unspecified atom stereocenters. The first-order chi connectivity index (χ1) is 0. The zero-order valence-electron chi connectivity index (χ0n) is 2.30. The van der Waals surface area contributed by atoms with E-state index in [2.05, 4.69) is 0 Å². The first-order valence-electron chi connectivity index (χ1n) is 0. The van der Waals surface area contributed by atoms with Crippen molar-refractivity contribution >= 4 is 0 Å². The maximum Gasteiger partial charge on any atom is 4.00 e. The molecule has 0 aliphatic heterocycles. The van der Waals surface area contributed by atoms with E-state index in [-0.39, 0.29) is 75.3 Å². The van der Waals surface area contributed by atoms with Gasteiger partial charge in [-0.2, -0.15) is 0 Å². The van der Waals surface area contributed by atoms with Gasteiger partial charge in [-0.25, -0.2) is 0 Å². The molecular formula is O3YZr+. The third-order valence-corrected chi connectivity index (χ3v) is 0. The van der Waals surface area contributed by atoms with Crippen LogP contribution in [0.15, 0.2) is 0 Å². The summed E-state index contributed by atoms with van der Waals surface area (Å²) in [5.74, 6) is 0. The first-order valence-corrected chi connectivity index (χ1v) is 0.